The summed E-state index contributed by atoms with van der Waals surface area (Å²) in [6.07, 6.45) is 2.12. The number of rotatable bonds is 5. The number of hydrogen-bond acceptors (Lipinski definition) is 3. The molecule has 0 amide bonds. The highest BCUT2D eigenvalue weighted by Crippen LogP contribution is 2.20. The lowest BCUT2D eigenvalue weighted by Gasteiger charge is -2.33. The number of benzene rings is 1. The largest absolute Gasteiger partial charge is 0.387 e. The highest BCUT2D eigenvalue weighted by Gasteiger charge is 2.20. The van der Waals surface area contributed by atoms with Gasteiger partial charge in [-0.05, 0) is 51.0 Å². The molecule has 3 heteroatoms. The van der Waals surface area contributed by atoms with Gasteiger partial charge in [0, 0.05) is 6.54 Å². The Balaban J connectivity index is 1.78. The summed E-state index contributed by atoms with van der Waals surface area (Å²) >= 11 is 0. The van der Waals surface area contributed by atoms with Gasteiger partial charge in [0.2, 0.25) is 0 Å². The van der Waals surface area contributed by atoms with Gasteiger partial charge in [-0.15, -0.1) is 0 Å². The van der Waals surface area contributed by atoms with Crippen LogP contribution in [-0.2, 0) is 0 Å². The SMILES string of the molecule is CNCC1CCN(CC(O)c2ccccc2)CC1. The van der Waals surface area contributed by atoms with Crippen LogP contribution < -0.4 is 5.32 Å². The minimum Gasteiger partial charge on any atom is -0.387 e. The van der Waals surface area contributed by atoms with E-state index >= 15 is 0 Å². The van der Waals surface area contributed by atoms with Gasteiger partial charge < -0.3 is 15.3 Å². The van der Waals surface area contributed by atoms with Crippen molar-refractivity contribution in [2.45, 2.75) is 18.9 Å². The summed E-state index contributed by atoms with van der Waals surface area (Å²) in [5.41, 5.74) is 1.02. The zero-order valence-electron chi connectivity index (χ0n) is 11.2. The van der Waals surface area contributed by atoms with Gasteiger partial charge in [0.1, 0.15) is 0 Å². The summed E-state index contributed by atoms with van der Waals surface area (Å²) < 4.78 is 0. The van der Waals surface area contributed by atoms with Gasteiger partial charge in [-0.2, -0.15) is 0 Å². The van der Waals surface area contributed by atoms with Crippen molar-refractivity contribution in [2.24, 2.45) is 5.92 Å². The van der Waals surface area contributed by atoms with E-state index < -0.39 is 0 Å². The summed E-state index contributed by atoms with van der Waals surface area (Å²) in [5, 5.41) is 13.4. The highest BCUT2D eigenvalue weighted by atomic mass is 16.3. The van der Waals surface area contributed by atoms with Crippen LogP contribution in [0.3, 0.4) is 0 Å². The van der Waals surface area contributed by atoms with Crippen LogP contribution in [0.2, 0.25) is 0 Å². The van der Waals surface area contributed by atoms with Crippen LogP contribution in [0.25, 0.3) is 0 Å². The van der Waals surface area contributed by atoms with Gasteiger partial charge in [-0.25, -0.2) is 0 Å². The number of piperidine rings is 1. The fourth-order valence-electron chi connectivity index (χ4n) is 2.69. The maximum Gasteiger partial charge on any atom is 0.0916 e. The standard InChI is InChI=1S/C15H24N2O/c1-16-11-13-7-9-17(10-8-13)12-15(18)14-5-3-2-4-6-14/h2-6,13,15-16,18H,7-12H2,1H3. The smallest absolute Gasteiger partial charge is 0.0916 e. The molecule has 1 aliphatic rings. The van der Waals surface area contributed by atoms with Crippen LogP contribution >= 0.6 is 0 Å². The number of β-amino-alcohol motifs (C(OH)–C–C–N with tert-alkyl or cyclic N) is 1. The van der Waals surface area contributed by atoms with Crippen LogP contribution in [-0.4, -0.2) is 43.2 Å². The van der Waals surface area contributed by atoms with Crippen molar-refractivity contribution < 1.29 is 5.11 Å². The van der Waals surface area contributed by atoms with E-state index in [1.165, 1.54) is 12.8 Å². The van der Waals surface area contributed by atoms with E-state index in [4.69, 9.17) is 0 Å². The van der Waals surface area contributed by atoms with E-state index in [9.17, 15) is 5.11 Å². The number of aliphatic hydroxyl groups is 1. The van der Waals surface area contributed by atoms with Gasteiger partial charge in [-0.1, -0.05) is 30.3 Å². The molecule has 100 valence electrons. The molecule has 1 fully saturated rings. The fourth-order valence-corrected chi connectivity index (χ4v) is 2.69. The molecular formula is C15H24N2O. The number of nitrogens with one attached hydrogen (secondary N) is 1. The fraction of sp³-hybridized carbons (Fsp3) is 0.600. The van der Waals surface area contributed by atoms with Gasteiger partial charge in [0.15, 0.2) is 0 Å². The molecule has 0 aromatic heterocycles. The van der Waals surface area contributed by atoms with Crippen molar-refractivity contribution in [1.82, 2.24) is 10.2 Å². The molecule has 3 nitrogen and oxygen atoms in total. The first-order valence-corrected chi connectivity index (χ1v) is 6.89. The molecule has 1 aromatic carbocycles. The van der Waals surface area contributed by atoms with Crippen molar-refractivity contribution in [2.75, 3.05) is 33.2 Å². The Morgan fingerprint density at radius 1 is 1.28 bits per heavy atom. The lowest BCUT2D eigenvalue weighted by Crippen LogP contribution is -2.38. The van der Waals surface area contributed by atoms with E-state index in [1.54, 1.807) is 0 Å². The van der Waals surface area contributed by atoms with Crippen LogP contribution in [0.1, 0.15) is 24.5 Å². The van der Waals surface area contributed by atoms with E-state index in [1.807, 2.05) is 37.4 Å². The molecule has 0 radical (unpaired) electrons. The third-order valence-corrected chi connectivity index (χ3v) is 3.82. The third kappa shape index (κ3) is 3.80. The first kappa shape index (κ1) is 13.5. The molecule has 0 saturated carbocycles. The number of aliphatic hydroxyl groups excluding tert-OH is 1. The molecule has 18 heavy (non-hydrogen) atoms. The minimum atomic E-state index is -0.355. The van der Waals surface area contributed by atoms with Crippen LogP contribution in [0.4, 0.5) is 0 Å². The van der Waals surface area contributed by atoms with Gasteiger partial charge >= 0.3 is 0 Å². The van der Waals surface area contributed by atoms with Gasteiger partial charge in [0.05, 0.1) is 6.10 Å². The summed E-state index contributed by atoms with van der Waals surface area (Å²) in [5.74, 6) is 0.806. The zero-order valence-corrected chi connectivity index (χ0v) is 11.2. The van der Waals surface area contributed by atoms with E-state index in [2.05, 4.69) is 10.2 Å². The van der Waals surface area contributed by atoms with Crippen LogP contribution in [0.5, 0.6) is 0 Å². The quantitative estimate of drug-likeness (QED) is 0.832. The van der Waals surface area contributed by atoms with Gasteiger partial charge in [-0.3, -0.25) is 0 Å². The van der Waals surface area contributed by atoms with E-state index in [0.717, 1.165) is 37.7 Å². The third-order valence-electron chi connectivity index (χ3n) is 3.82. The number of nitrogens with zero attached hydrogens (tertiary/aromatic N) is 1. The lowest BCUT2D eigenvalue weighted by atomic mass is 9.96. The number of likely N-dealkylation sites (tertiary alicyclic amines) is 1. The minimum absolute atomic E-state index is 0.355. The Morgan fingerprint density at radius 3 is 2.56 bits per heavy atom. The predicted octanol–water partition coefficient (Wildman–Crippen LogP) is 1.65. The first-order chi connectivity index (χ1) is 8.79. The van der Waals surface area contributed by atoms with E-state index in [0.29, 0.717) is 0 Å². The molecule has 1 heterocycles. The number of hydrogen-bond donors (Lipinski definition) is 2. The molecule has 2 rings (SSSR count). The molecule has 2 N–H and O–H groups in total. The molecule has 1 atom stereocenters. The van der Waals surface area contributed by atoms with Crippen LogP contribution in [0, 0.1) is 5.92 Å². The predicted molar refractivity (Wildman–Crippen MR) is 74.5 cm³/mol. The first-order valence-electron chi connectivity index (χ1n) is 6.89. The molecule has 0 aliphatic carbocycles. The maximum atomic E-state index is 10.2. The van der Waals surface area contributed by atoms with E-state index in [-0.39, 0.29) is 6.10 Å². The molecule has 0 bridgehead atoms. The average molecular weight is 248 g/mol. The monoisotopic (exact) mass is 248 g/mol. The lowest BCUT2D eigenvalue weighted by molar-refractivity contribution is 0.0894. The molecule has 1 saturated heterocycles. The Labute approximate surface area is 110 Å². The average Bonchev–Trinajstić information content (AvgIpc) is 2.42. The second-order valence-electron chi connectivity index (χ2n) is 5.23. The summed E-state index contributed by atoms with van der Waals surface area (Å²) in [6.45, 7) is 4.10. The summed E-state index contributed by atoms with van der Waals surface area (Å²) in [6, 6.07) is 9.95. The Morgan fingerprint density at radius 2 is 1.94 bits per heavy atom. The van der Waals surface area contributed by atoms with Crippen molar-refractivity contribution in [1.29, 1.82) is 0 Å². The van der Waals surface area contributed by atoms with Crippen LogP contribution in [0.15, 0.2) is 30.3 Å². The zero-order chi connectivity index (χ0) is 12.8. The summed E-state index contributed by atoms with van der Waals surface area (Å²) in [7, 11) is 2.02. The van der Waals surface area contributed by atoms with Crippen molar-refractivity contribution >= 4 is 0 Å². The van der Waals surface area contributed by atoms with Crippen molar-refractivity contribution in [3.63, 3.8) is 0 Å². The normalized spacial score (nSPS) is 19.9. The summed E-state index contributed by atoms with van der Waals surface area (Å²) in [4.78, 5) is 2.38. The highest BCUT2D eigenvalue weighted by molar-refractivity contribution is 5.17. The van der Waals surface area contributed by atoms with Gasteiger partial charge in [0.25, 0.3) is 0 Å². The van der Waals surface area contributed by atoms with Crippen molar-refractivity contribution in [3.05, 3.63) is 35.9 Å². The van der Waals surface area contributed by atoms with Crippen molar-refractivity contribution in [3.8, 4) is 0 Å². The Kier molecular flexibility index (Phi) is 5.17. The maximum absolute atomic E-state index is 10.2. The molecule has 1 aliphatic heterocycles. The molecule has 0 spiro atoms. The molecular weight excluding hydrogens is 224 g/mol. The Bertz CT molecular complexity index is 334. The second kappa shape index (κ2) is 6.88. The topological polar surface area (TPSA) is 35.5 Å². The molecule has 1 aromatic rings. The molecule has 1 unspecified atom stereocenters. The Hall–Kier alpha value is -0.900. The second-order valence-corrected chi connectivity index (χ2v) is 5.23.